The average molecular weight is 399 g/mol. The van der Waals surface area contributed by atoms with E-state index in [4.69, 9.17) is 9.47 Å². The van der Waals surface area contributed by atoms with Gasteiger partial charge in [0.15, 0.2) is 0 Å². The Hall–Kier alpha value is -2.00. The molecule has 2 rings (SSSR count). The third-order valence-corrected chi connectivity index (χ3v) is 5.73. The van der Waals surface area contributed by atoms with E-state index in [1.807, 2.05) is 0 Å². The first kappa shape index (κ1) is 20.3. The number of thiol groups is 1. The van der Waals surface area contributed by atoms with Gasteiger partial charge in [0.2, 0.25) is 10.0 Å². The van der Waals surface area contributed by atoms with Crippen molar-refractivity contribution in [2.75, 3.05) is 11.3 Å². The topological polar surface area (TPSA) is 98.8 Å². The van der Waals surface area contributed by atoms with Gasteiger partial charge in [0.05, 0.1) is 12.2 Å². The van der Waals surface area contributed by atoms with E-state index in [9.17, 15) is 18.0 Å². The van der Waals surface area contributed by atoms with Gasteiger partial charge < -0.3 is 9.47 Å². The molecular weight excluding hydrogens is 378 g/mol. The molecule has 0 aromatic heterocycles. The highest BCUT2D eigenvalue weighted by atomic mass is 32.2. The number of anilines is 1. The zero-order chi connectivity index (χ0) is 19.2. The van der Waals surface area contributed by atoms with Crippen LogP contribution in [0.15, 0.2) is 35.9 Å². The second kappa shape index (κ2) is 9.09. The van der Waals surface area contributed by atoms with Crippen LogP contribution in [0, 0.1) is 0 Å². The maximum atomic E-state index is 12.7. The van der Waals surface area contributed by atoms with Gasteiger partial charge in [0, 0.05) is 5.69 Å². The van der Waals surface area contributed by atoms with Crippen molar-refractivity contribution in [1.82, 2.24) is 0 Å². The molecule has 0 amide bonds. The first-order valence-electron chi connectivity index (χ1n) is 8.17. The first-order valence-corrected chi connectivity index (χ1v) is 10.2. The molecule has 0 saturated heterocycles. The molecule has 0 spiro atoms. The van der Waals surface area contributed by atoms with Gasteiger partial charge in [-0.3, -0.25) is 4.72 Å². The van der Waals surface area contributed by atoms with E-state index in [0.29, 0.717) is 30.5 Å². The summed E-state index contributed by atoms with van der Waals surface area (Å²) in [5.41, 5.74) is 1.24. The molecule has 0 heterocycles. The van der Waals surface area contributed by atoms with E-state index in [2.05, 4.69) is 17.4 Å². The van der Waals surface area contributed by atoms with Gasteiger partial charge in [-0.25, -0.2) is 18.0 Å². The average Bonchev–Trinajstić information content (AvgIpc) is 2.61. The Morgan fingerprint density at radius 3 is 2.54 bits per heavy atom. The van der Waals surface area contributed by atoms with Crippen molar-refractivity contribution in [2.45, 2.75) is 38.0 Å². The smallest absolute Gasteiger partial charge is 0.364 e. The predicted octanol–water partition coefficient (Wildman–Crippen LogP) is 3.04. The summed E-state index contributed by atoms with van der Waals surface area (Å²) in [5, 5.41) is -1.63. The fourth-order valence-electron chi connectivity index (χ4n) is 2.65. The fourth-order valence-corrected chi connectivity index (χ4v) is 4.32. The quantitative estimate of drug-likeness (QED) is 0.540. The highest BCUT2D eigenvalue weighted by Gasteiger charge is 2.35. The van der Waals surface area contributed by atoms with Crippen molar-refractivity contribution < 1.29 is 27.5 Å². The summed E-state index contributed by atoms with van der Waals surface area (Å²) in [6.45, 7) is 1.91. The van der Waals surface area contributed by atoms with Gasteiger partial charge in [-0.1, -0.05) is 30.8 Å². The normalized spacial score (nSPS) is 17.2. The number of carbonyl (C=O) groups excluding carboxylic acids is 2. The largest absolute Gasteiger partial charge is 0.463 e. The van der Waals surface area contributed by atoms with Crippen molar-refractivity contribution >= 4 is 39.6 Å². The molecule has 0 fully saturated rings. The lowest BCUT2D eigenvalue weighted by Gasteiger charge is -2.23. The van der Waals surface area contributed by atoms with Crippen molar-refractivity contribution in [3.63, 3.8) is 0 Å². The molecule has 0 bridgehead atoms. The number of hydrogen-bond acceptors (Lipinski definition) is 6. The van der Waals surface area contributed by atoms with Gasteiger partial charge in [0.25, 0.3) is 0 Å². The first-order chi connectivity index (χ1) is 12.3. The summed E-state index contributed by atoms with van der Waals surface area (Å²) < 4.78 is 37.7. The minimum absolute atomic E-state index is 0.0493. The molecule has 1 atom stereocenters. The van der Waals surface area contributed by atoms with Crippen LogP contribution in [0.1, 0.15) is 31.7 Å². The monoisotopic (exact) mass is 399 g/mol. The molecule has 0 radical (unpaired) electrons. The lowest BCUT2D eigenvalue weighted by molar-refractivity contribution is -0.138. The van der Waals surface area contributed by atoms with Crippen molar-refractivity contribution in [2.24, 2.45) is 0 Å². The Morgan fingerprint density at radius 2 is 1.92 bits per heavy atom. The van der Waals surface area contributed by atoms with Crippen LogP contribution < -0.4 is 4.72 Å². The maximum Gasteiger partial charge on any atom is 0.364 e. The van der Waals surface area contributed by atoms with Crippen molar-refractivity contribution in [3.05, 3.63) is 41.5 Å². The van der Waals surface area contributed by atoms with Gasteiger partial charge in [0.1, 0.15) is 11.9 Å². The molecule has 1 aromatic rings. The SMILES string of the molecule is CCOC(=O)C1=CCCCC1S(=O)(=O)Nc1ccc(COC(=O)S)cc1. The zero-order valence-electron chi connectivity index (χ0n) is 14.3. The highest BCUT2D eigenvalue weighted by molar-refractivity contribution is 7.96. The van der Waals surface area contributed by atoms with Gasteiger partial charge in [-0.15, -0.1) is 0 Å². The number of sulfonamides is 1. The van der Waals surface area contributed by atoms with Gasteiger partial charge in [-0.2, -0.15) is 0 Å². The summed E-state index contributed by atoms with van der Waals surface area (Å²) in [5.74, 6) is -0.591. The van der Waals surface area contributed by atoms with Crippen LogP contribution in [0.3, 0.4) is 0 Å². The van der Waals surface area contributed by atoms with Crippen molar-refractivity contribution in [1.29, 1.82) is 0 Å². The third-order valence-electron chi connectivity index (χ3n) is 3.84. The summed E-state index contributed by atoms with van der Waals surface area (Å²) in [6.07, 6.45) is 3.33. The number of rotatable bonds is 7. The minimum atomic E-state index is -3.80. The molecule has 0 aliphatic heterocycles. The summed E-state index contributed by atoms with van der Waals surface area (Å²) in [6, 6.07) is 6.40. The van der Waals surface area contributed by atoms with Crippen LogP contribution in [0.4, 0.5) is 10.5 Å². The minimum Gasteiger partial charge on any atom is -0.463 e. The van der Waals surface area contributed by atoms with Crippen molar-refractivity contribution in [3.8, 4) is 0 Å². The molecule has 142 valence electrons. The van der Waals surface area contributed by atoms with Gasteiger partial charge >= 0.3 is 11.3 Å². The van der Waals surface area contributed by atoms with Crippen LogP contribution in [-0.2, 0) is 30.9 Å². The maximum absolute atomic E-state index is 12.7. The summed E-state index contributed by atoms with van der Waals surface area (Å²) >= 11 is 3.51. The molecule has 26 heavy (non-hydrogen) atoms. The van der Waals surface area contributed by atoms with Crippen LogP contribution in [0.5, 0.6) is 0 Å². The molecule has 9 heteroatoms. The van der Waals surface area contributed by atoms with E-state index >= 15 is 0 Å². The van der Waals surface area contributed by atoms with E-state index in [1.165, 1.54) is 0 Å². The Kier molecular flexibility index (Phi) is 7.10. The Morgan fingerprint density at radius 1 is 1.23 bits per heavy atom. The molecule has 1 N–H and O–H groups in total. The molecule has 1 aromatic carbocycles. The number of benzene rings is 1. The Bertz CT molecular complexity index is 786. The molecular formula is C17H21NO6S2. The number of hydrogen-bond donors (Lipinski definition) is 2. The second-order valence-electron chi connectivity index (χ2n) is 5.70. The Labute approximate surface area is 158 Å². The Balaban J connectivity index is 2.11. The lowest BCUT2D eigenvalue weighted by atomic mass is 9.99. The zero-order valence-corrected chi connectivity index (χ0v) is 16.0. The molecule has 0 saturated carbocycles. The second-order valence-corrected chi connectivity index (χ2v) is 7.93. The van der Waals surface area contributed by atoms with E-state index in [0.717, 1.165) is 0 Å². The predicted molar refractivity (Wildman–Crippen MR) is 101 cm³/mol. The van der Waals surface area contributed by atoms with E-state index in [1.54, 1.807) is 37.3 Å². The van der Waals surface area contributed by atoms with E-state index in [-0.39, 0.29) is 18.8 Å². The fraction of sp³-hybridized carbons (Fsp3) is 0.412. The number of allylic oxidation sites excluding steroid dienone is 1. The van der Waals surface area contributed by atoms with E-state index < -0.39 is 26.5 Å². The molecule has 1 unspecified atom stereocenters. The number of esters is 1. The molecule has 1 aliphatic carbocycles. The number of ether oxygens (including phenoxy) is 2. The van der Waals surface area contributed by atoms with Gasteiger partial charge in [-0.05, 0) is 43.9 Å². The number of carbonyl (C=O) groups is 2. The molecule has 7 nitrogen and oxygen atoms in total. The van der Waals surface area contributed by atoms with Crippen LogP contribution in [-0.4, -0.2) is 31.5 Å². The number of nitrogens with one attached hydrogen (secondary N) is 1. The lowest BCUT2D eigenvalue weighted by Crippen LogP contribution is -2.34. The standard InChI is InChI=1S/C17H21NO6S2/c1-2-23-16(19)14-5-3-4-6-15(14)26(21,22)18-13-9-7-12(8-10-13)11-24-17(20)25/h5,7-10,15,18H,2-4,6,11H2,1H3,(H,20,25). The van der Waals surface area contributed by atoms with Crippen LogP contribution in [0.2, 0.25) is 0 Å². The van der Waals surface area contributed by atoms with Crippen LogP contribution >= 0.6 is 12.6 Å². The highest BCUT2D eigenvalue weighted by Crippen LogP contribution is 2.27. The molecule has 1 aliphatic rings. The summed E-state index contributed by atoms with van der Waals surface area (Å²) in [4.78, 5) is 22.7. The van der Waals surface area contributed by atoms with Crippen LogP contribution in [0.25, 0.3) is 0 Å². The summed E-state index contributed by atoms with van der Waals surface area (Å²) in [7, 11) is -3.80. The third kappa shape index (κ3) is 5.50.